The van der Waals surface area contributed by atoms with Crippen LogP contribution in [0, 0.1) is 0 Å². The van der Waals surface area contributed by atoms with Crippen LogP contribution >= 0.6 is 0 Å². The Morgan fingerprint density at radius 2 is 2.00 bits per heavy atom. The summed E-state index contributed by atoms with van der Waals surface area (Å²) < 4.78 is 6.26. The van der Waals surface area contributed by atoms with E-state index < -0.39 is 23.6 Å². The molecule has 0 bridgehead atoms. The minimum atomic E-state index is -1.11. The number of amides is 2. The average Bonchev–Trinajstić information content (AvgIpc) is 3.22. The Kier molecular flexibility index (Phi) is 5.68. The van der Waals surface area contributed by atoms with Gasteiger partial charge in [0.05, 0.1) is 25.0 Å². The maximum Gasteiger partial charge on any atom is 0.319 e. The van der Waals surface area contributed by atoms with Crippen molar-refractivity contribution in [3.63, 3.8) is 0 Å². The fraction of sp³-hybridized carbons (Fsp3) is 0.150. The number of aromatic nitrogens is 1. The van der Waals surface area contributed by atoms with Crippen LogP contribution in [0.25, 0.3) is 11.1 Å². The number of nitrogens with one attached hydrogen (secondary N) is 2. The number of carbonyl (C=O) groups is 2. The molecule has 9 heteroatoms. The van der Waals surface area contributed by atoms with E-state index in [0.717, 1.165) is 11.1 Å². The van der Waals surface area contributed by atoms with Gasteiger partial charge in [0.1, 0.15) is 5.75 Å². The molecule has 0 radical (unpaired) electrons. The molecule has 0 aliphatic rings. The van der Waals surface area contributed by atoms with Crippen molar-refractivity contribution in [2.24, 2.45) is 7.05 Å². The SMILES string of the molecule is Cn1ccc(O)c(NC(=O)NC(CC(=O)O)c2cccc(-c3ccoc3)c2)c1=O. The lowest BCUT2D eigenvalue weighted by atomic mass is 9.99. The highest BCUT2D eigenvalue weighted by atomic mass is 16.4. The zero-order chi connectivity index (χ0) is 21.0. The molecule has 4 N–H and O–H groups in total. The average molecular weight is 397 g/mol. The molecule has 2 heterocycles. The van der Waals surface area contributed by atoms with Gasteiger partial charge in [-0.3, -0.25) is 9.59 Å². The summed E-state index contributed by atoms with van der Waals surface area (Å²) in [6.45, 7) is 0. The normalized spacial score (nSPS) is 11.6. The largest absolute Gasteiger partial charge is 0.505 e. The molecule has 0 aliphatic carbocycles. The summed E-state index contributed by atoms with van der Waals surface area (Å²) in [5.41, 5.74) is 1.27. The number of hydrogen-bond donors (Lipinski definition) is 4. The minimum absolute atomic E-state index is 0.297. The molecule has 1 aromatic carbocycles. The Labute approximate surface area is 165 Å². The highest BCUT2D eigenvalue weighted by Crippen LogP contribution is 2.25. The van der Waals surface area contributed by atoms with Crippen molar-refractivity contribution in [2.45, 2.75) is 12.5 Å². The van der Waals surface area contributed by atoms with Crippen molar-refractivity contribution in [1.29, 1.82) is 0 Å². The number of carboxylic acid groups (broad SMARTS) is 1. The molecule has 0 fully saturated rings. The van der Waals surface area contributed by atoms with E-state index in [9.17, 15) is 24.6 Å². The minimum Gasteiger partial charge on any atom is -0.505 e. The number of anilines is 1. The number of urea groups is 1. The third kappa shape index (κ3) is 4.64. The quantitative estimate of drug-likeness (QED) is 0.505. The van der Waals surface area contributed by atoms with Crippen molar-refractivity contribution in [2.75, 3.05) is 5.32 Å². The predicted molar refractivity (Wildman–Crippen MR) is 105 cm³/mol. The van der Waals surface area contributed by atoms with Crippen molar-refractivity contribution in [3.8, 4) is 16.9 Å². The number of carboxylic acids is 1. The van der Waals surface area contributed by atoms with E-state index in [1.807, 2.05) is 6.07 Å². The van der Waals surface area contributed by atoms with Gasteiger partial charge in [0, 0.05) is 18.8 Å². The standard InChI is InChI=1S/C20H19N3O6/c1-23-7-5-16(24)18(19(23)27)22-20(28)21-15(10-17(25)26)13-4-2-3-12(9-13)14-6-8-29-11-14/h2-9,11,15,24H,10H2,1H3,(H,25,26)(H2,21,22,28). The first kappa shape index (κ1) is 19.7. The van der Waals surface area contributed by atoms with Crippen LogP contribution in [-0.2, 0) is 11.8 Å². The maximum absolute atomic E-state index is 12.4. The van der Waals surface area contributed by atoms with Crippen molar-refractivity contribution >= 4 is 17.7 Å². The first-order valence-corrected chi connectivity index (χ1v) is 8.65. The second-order valence-electron chi connectivity index (χ2n) is 6.38. The Morgan fingerprint density at radius 3 is 2.69 bits per heavy atom. The molecule has 29 heavy (non-hydrogen) atoms. The molecule has 0 saturated carbocycles. The molecular formula is C20H19N3O6. The van der Waals surface area contributed by atoms with Gasteiger partial charge in [-0.25, -0.2) is 4.79 Å². The van der Waals surface area contributed by atoms with Gasteiger partial charge >= 0.3 is 12.0 Å². The van der Waals surface area contributed by atoms with Gasteiger partial charge in [0.25, 0.3) is 5.56 Å². The molecule has 2 aromatic heterocycles. The van der Waals surface area contributed by atoms with Crippen LogP contribution in [0.15, 0.2) is 64.3 Å². The number of aliphatic carboxylic acids is 1. The Bertz CT molecular complexity index is 1090. The summed E-state index contributed by atoms with van der Waals surface area (Å²) in [5, 5.41) is 23.9. The third-order valence-electron chi connectivity index (χ3n) is 4.31. The van der Waals surface area contributed by atoms with Crippen LogP contribution in [0.2, 0.25) is 0 Å². The van der Waals surface area contributed by atoms with Gasteiger partial charge in [0.2, 0.25) is 0 Å². The Hall–Kier alpha value is -4.01. The summed E-state index contributed by atoms with van der Waals surface area (Å²) in [7, 11) is 1.47. The van der Waals surface area contributed by atoms with Crippen LogP contribution in [0.3, 0.4) is 0 Å². The summed E-state index contributed by atoms with van der Waals surface area (Å²) in [6.07, 6.45) is 4.06. The zero-order valence-corrected chi connectivity index (χ0v) is 15.5. The summed E-state index contributed by atoms with van der Waals surface area (Å²) in [5.74, 6) is -1.50. The first-order chi connectivity index (χ1) is 13.8. The lowest BCUT2D eigenvalue weighted by Gasteiger charge is -2.19. The summed E-state index contributed by atoms with van der Waals surface area (Å²) >= 11 is 0. The zero-order valence-electron chi connectivity index (χ0n) is 15.5. The monoisotopic (exact) mass is 397 g/mol. The Morgan fingerprint density at radius 1 is 1.21 bits per heavy atom. The first-order valence-electron chi connectivity index (χ1n) is 8.65. The Balaban J connectivity index is 1.84. The lowest BCUT2D eigenvalue weighted by molar-refractivity contribution is -0.137. The molecule has 2 amide bonds. The van der Waals surface area contributed by atoms with E-state index in [1.54, 1.807) is 30.5 Å². The molecule has 0 spiro atoms. The van der Waals surface area contributed by atoms with Gasteiger partial charge in [-0.05, 0) is 29.3 Å². The van der Waals surface area contributed by atoms with Crippen LogP contribution in [0.4, 0.5) is 10.5 Å². The fourth-order valence-electron chi connectivity index (χ4n) is 2.84. The summed E-state index contributed by atoms with van der Waals surface area (Å²) in [4.78, 5) is 35.8. The molecule has 1 atom stereocenters. The topological polar surface area (TPSA) is 134 Å². The van der Waals surface area contributed by atoms with Crippen molar-refractivity contribution in [1.82, 2.24) is 9.88 Å². The van der Waals surface area contributed by atoms with E-state index in [0.29, 0.717) is 5.56 Å². The molecule has 150 valence electrons. The smallest absolute Gasteiger partial charge is 0.319 e. The number of hydrogen-bond acceptors (Lipinski definition) is 5. The van der Waals surface area contributed by atoms with E-state index in [2.05, 4.69) is 10.6 Å². The van der Waals surface area contributed by atoms with Crippen molar-refractivity contribution in [3.05, 3.63) is 71.0 Å². The summed E-state index contributed by atoms with van der Waals surface area (Å²) in [6, 6.07) is 8.36. The second-order valence-corrected chi connectivity index (χ2v) is 6.38. The molecule has 0 aliphatic heterocycles. The lowest BCUT2D eigenvalue weighted by Crippen LogP contribution is -2.35. The second kappa shape index (κ2) is 8.34. The third-order valence-corrected chi connectivity index (χ3v) is 4.31. The van der Waals surface area contributed by atoms with E-state index in [1.165, 1.54) is 30.1 Å². The molecular weight excluding hydrogens is 378 g/mol. The number of aryl methyl sites for hydroxylation is 1. The molecule has 9 nitrogen and oxygen atoms in total. The van der Waals surface area contributed by atoms with E-state index >= 15 is 0 Å². The van der Waals surface area contributed by atoms with Gasteiger partial charge < -0.3 is 29.8 Å². The number of rotatable bonds is 6. The van der Waals surface area contributed by atoms with Crippen LogP contribution in [-0.4, -0.2) is 26.8 Å². The van der Waals surface area contributed by atoms with Gasteiger partial charge in [-0.2, -0.15) is 0 Å². The highest BCUT2D eigenvalue weighted by Gasteiger charge is 2.20. The van der Waals surface area contributed by atoms with Crippen LogP contribution < -0.4 is 16.2 Å². The molecule has 3 aromatic rings. The maximum atomic E-state index is 12.4. The molecule has 1 unspecified atom stereocenters. The van der Waals surface area contributed by atoms with Gasteiger partial charge in [-0.1, -0.05) is 18.2 Å². The molecule has 3 rings (SSSR count). The number of carbonyl (C=O) groups excluding carboxylic acids is 1. The predicted octanol–water partition coefficient (Wildman–Crippen LogP) is 2.69. The van der Waals surface area contributed by atoms with Crippen LogP contribution in [0.5, 0.6) is 5.75 Å². The number of furan rings is 1. The van der Waals surface area contributed by atoms with E-state index in [4.69, 9.17) is 4.42 Å². The fourth-order valence-corrected chi connectivity index (χ4v) is 2.84. The number of benzene rings is 1. The molecule has 0 saturated heterocycles. The number of nitrogens with zero attached hydrogens (tertiary/aromatic N) is 1. The number of aromatic hydroxyl groups is 1. The van der Waals surface area contributed by atoms with Crippen LogP contribution in [0.1, 0.15) is 18.0 Å². The highest BCUT2D eigenvalue weighted by molar-refractivity contribution is 5.91. The van der Waals surface area contributed by atoms with E-state index in [-0.39, 0.29) is 17.9 Å². The number of pyridine rings is 1. The van der Waals surface area contributed by atoms with Gasteiger partial charge in [-0.15, -0.1) is 0 Å². The van der Waals surface area contributed by atoms with Crippen molar-refractivity contribution < 1.29 is 24.2 Å². The van der Waals surface area contributed by atoms with Gasteiger partial charge in [0.15, 0.2) is 5.69 Å².